The van der Waals surface area contributed by atoms with Gasteiger partial charge in [0.15, 0.2) is 11.6 Å². The Morgan fingerprint density at radius 2 is 1.47 bits per heavy atom. The van der Waals surface area contributed by atoms with Crippen LogP contribution in [0.1, 0.15) is 39.6 Å². The summed E-state index contributed by atoms with van der Waals surface area (Å²) in [5, 5.41) is 20.0. The molecule has 19 heavy (non-hydrogen) atoms. The van der Waals surface area contributed by atoms with Crippen LogP contribution in [0.25, 0.3) is 0 Å². The molecule has 0 aliphatic rings. The molecule has 6 nitrogen and oxygen atoms in total. The maximum atomic E-state index is 11.7. The van der Waals surface area contributed by atoms with Crippen LogP contribution in [0.2, 0.25) is 0 Å². The Labute approximate surface area is 111 Å². The molecule has 0 saturated carbocycles. The Bertz CT molecular complexity index is 472. The van der Waals surface area contributed by atoms with Crippen molar-refractivity contribution in [1.29, 1.82) is 0 Å². The second-order valence-electron chi connectivity index (χ2n) is 4.15. The number of carbonyl (C=O) groups excluding carboxylic acids is 2. The van der Waals surface area contributed by atoms with Crippen molar-refractivity contribution >= 4 is 11.6 Å². The fraction of sp³-hybridized carbons (Fsp3) is 0.385. The van der Waals surface area contributed by atoms with Crippen LogP contribution in [-0.2, 0) is 6.42 Å². The first-order chi connectivity index (χ1) is 8.97. The second kappa shape index (κ2) is 6.31. The summed E-state index contributed by atoms with van der Waals surface area (Å²) in [4.78, 5) is 23.3. The molecule has 0 aromatic heterocycles. The third-order valence-electron chi connectivity index (χ3n) is 2.84. The zero-order chi connectivity index (χ0) is 14.6. The minimum absolute atomic E-state index is 0.0550. The average Bonchev–Trinajstić information content (AvgIpc) is 2.42. The molecule has 0 spiro atoms. The first-order valence-corrected chi connectivity index (χ1v) is 6.02. The first-order valence-electron chi connectivity index (χ1n) is 6.02. The van der Waals surface area contributed by atoms with Gasteiger partial charge >= 0.3 is 0 Å². The van der Waals surface area contributed by atoms with Gasteiger partial charge in [0.1, 0.15) is 11.5 Å². The largest absolute Gasteiger partial charge is 0.507 e. The van der Waals surface area contributed by atoms with Crippen LogP contribution in [0, 0.1) is 0 Å². The van der Waals surface area contributed by atoms with Crippen molar-refractivity contribution in [3.05, 3.63) is 22.8 Å². The van der Waals surface area contributed by atoms with Crippen molar-refractivity contribution in [2.24, 2.45) is 11.5 Å². The van der Waals surface area contributed by atoms with Crippen LogP contribution < -0.4 is 11.5 Å². The number of ketones is 2. The Morgan fingerprint density at radius 1 is 1.05 bits per heavy atom. The van der Waals surface area contributed by atoms with E-state index < -0.39 is 11.6 Å². The first kappa shape index (κ1) is 15.1. The molecule has 0 unspecified atom stereocenters. The van der Waals surface area contributed by atoms with E-state index in [9.17, 15) is 19.8 Å². The molecule has 1 aromatic carbocycles. The predicted octanol–water partition coefficient (Wildman–Crippen LogP) is 0.333. The van der Waals surface area contributed by atoms with E-state index in [1.165, 1.54) is 0 Å². The zero-order valence-electron chi connectivity index (χ0n) is 10.8. The molecule has 0 atom stereocenters. The lowest BCUT2D eigenvalue weighted by Gasteiger charge is -2.13. The van der Waals surface area contributed by atoms with Gasteiger partial charge < -0.3 is 21.7 Å². The number of phenols is 2. The van der Waals surface area contributed by atoms with E-state index in [-0.39, 0.29) is 41.3 Å². The molecule has 0 bridgehead atoms. The molecule has 0 radical (unpaired) electrons. The van der Waals surface area contributed by atoms with Gasteiger partial charge in [-0.3, -0.25) is 9.59 Å². The van der Waals surface area contributed by atoms with Crippen molar-refractivity contribution in [2.75, 3.05) is 13.1 Å². The highest BCUT2D eigenvalue weighted by molar-refractivity contribution is 6.06. The fourth-order valence-corrected chi connectivity index (χ4v) is 1.85. The van der Waals surface area contributed by atoms with E-state index in [2.05, 4.69) is 0 Å². The number of rotatable bonds is 6. The lowest BCUT2D eigenvalue weighted by molar-refractivity contribution is 0.0998. The summed E-state index contributed by atoms with van der Waals surface area (Å²) in [6.07, 6.45) is 0.978. The van der Waals surface area contributed by atoms with Gasteiger partial charge in [-0.25, -0.2) is 0 Å². The summed E-state index contributed by atoms with van der Waals surface area (Å²) in [7, 11) is 0. The number of hydrogen-bond donors (Lipinski definition) is 4. The number of hydrogen-bond acceptors (Lipinski definition) is 6. The van der Waals surface area contributed by atoms with Crippen LogP contribution in [0.15, 0.2) is 6.07 Å². The van der Waals surface area contributed by atoms with Crippen LogP contribution in [0.5, 0.6) is 11.5 Å². The maximum absolute atomic E-state index is 11.7. The second-order valence-corrected chi connectivity index (χ2v) is 4.15. The molecule has 0 aliphatic heterocycles. The van der Waals surface area contributed by atoms with Crippen molar-refractivity contribution in [2.45, 2.75) is 19.8 Å². The minimum atomic E-state index is -0.499. The van der Waals surface area contributed by atoms with Gasteiger partial charge in [0.05, 0.1) is 24.2 Å². The third-order valence-corrected chi connectivity index (χ3v) is 2.84. The summed E-state index contributed by atoms with van der Waals surface area (Å²) >= 11 is 0. The van der Waals surface area contributed by atoms with Gasteiger partial charge in [-0.2, -0.15) is 0 Å². The molecule has 6 N–H and O–H groups in total. The molecule has 104 valence electrons. The fourth-order valence-electron chi connectivity index (χ4n) is 1.85. The molecular formula is C13H18N2O4. The van der Waals surface area contributed by atoms with Gasteiger partial charge in [-0.05, 0) is 12.5 Å². The Hall–Kier alpha value is -1.92. The van der Waals surface area contributed by atoms with E-state index in [1.807, 2.05) is 6.92 Å². The Balaban J connectivity index is 3.54. The van der Waals surface area contributed by atoms with Crippen LogP contribution in [-0.4, -0.2) is 34.9 Å². The van der Waals surface area contributed by atoms with Crippen molar-refractivity contribution < 1.29 is 19.8 Å². The van der Waals surface area contributed by atoms with Crippen LogP contribution in [0.4, 0.5) is 0 Å². The summed E-state index contributed by atoms with van der Waals surface area (Å²) in [5.41, 5.74) is 10.6. The minimum Gasteiger partial charge on any atom is -0.507 e. The lowest BCUT2D eigenvalue weighted by atomic mass is 9.95. The number of aromatic hydroxyl groups is 2. The van der Waals surface area contributed by atoms with Crippen molar-refractivity contribution in [3.8, 4) is 11.5 Å². The molecule has 0 heterocycles. The Kier molecular flexibility index (Phi) is 5.02. The highest BCUT2D eigenvalue weighted by Gasteiger charge is 2.22. The van der Waals surface area contributed by atoms with Gasteiger partial charge in [0.2, 0.25) is 0 Å². The van der Waals surface area contributed by atoms with E-state index >= 15 is 0 Å². The summed E-state index contributed by atoms with van der Waals surface area (Å²) in [6.45, 7) is 1.26. The molecule has 1 rings (SSSR count). The normalized spacial score (nSPS) is 10.5. The summed E-state index contributed by atoms with van der Waals surface area (Å²) in [5.74, 6) is -1.63. The highest BCUT2D eigenvalue weighted by atomic mass is 16.3. The number of nitrogens with two attached hydrogens (primary N) is 2. The van der Waals surface area contributed by atoms with Crippen LogP contribution >= 0.6 is 0 Å². The van der Waals surface area contributed by atoms with Gasteiger partial charge in [-0.1, -0.05) is 13.3 Å². The van der Waals surface area contributed by atoms with Gasteiger partial charge in [0, 0.05) is 5.56 Å². The SMILES string of the molecule is CCCc1c(O)c(C(=O)CN)cc(C(=O)CN)c1O. The highest BCUT2D eigenvalue weighted by Crippen LogP contribution is 2.35. The summed E-state index contributed by atoms with van der Waals surface area (Å²) < 4.78 is 0. The van der Waals surface area contributed by atoms with E-state index in [4.69, 9.17) is 11.5 Å². The molecule has 0 aliphatic carbocycles. The predicted molar refractivity (Wildman–Crippen MR) is 70.5 cm³/mol. The van der Waals surface area contributed by atoms with E-state index in [0.29, 0.717) is 12.8 Å². The monoisotopic (exact) mass is 266 g/mol. The Morgan fingerprint density at radius 3 is 1.79 bits per heavy atom. The molecule has 0 saturated heterocycles. The standard InChI is InChI=1S/C13H18N2O4/c1-2-3-7-12(18)8(10(16)5-14)4-9(13(7)19)11(17)6-15/h4,18-19H,2-3,5-6,14-15H2,1H3. The van der Waals surface area contributed by atoms with Crippen molar-refractivity contribution in [1.82, 2.24) is 0 Å². The van der Waals surface area contributed by atoms with Crippen molar-refractivity contribution in [3.63, 3.8) is 0 Å². The number of phenolic OH excluding ortho intramolecular Hbond substituents is 2. The summed E-state index contributed by atoms with van der Waals surface area (Å²) in [6, 6.07) is 1.15. The molecule has 1 aromatic rings. The third kappa shape index (κ3) is 2.91. The zero-order valence-corrected chi connectivity index (χ0v) is 10.8. The van der Waals surface area contributed by atoms with Gasteiger partial charge in [-0.15, -0.1) is 0 Å². The van der Waals surface area contributed by atoms with Crippen LogP contribution in [0.3, 0.4) is 0 Å². The topological polar surface area (TPSA) is 127 Å². The maximum Gasteiger partial charge on any atom is 0.180 e. The van der Waals surface area contributed by atoms with E-state index in [0.717, 1.165) is 6.07 Å². The average molecular weight is 266 g/mol. The molecular weight excluding hydrogens is 248 g/mol. The lowest BCUT2D eigenvalue weighted by Crippen LogP contribution is -2.18. The smallest absolute Gasteiger partial charge is 0.180 e. The molecule has 6 heteroatoms. The van der Waals surface area contributed by atoms with E-state index in [1.54, 1.807) is 0 Å². The molecule has 0 amide bonds. The number of carbonyl (C=O) groups is 2. The number of benzene rings is 1. The van der Waals surface area contributed by atoms with Gasteiger partial charge in [0.25, 0.3) is 0 Å². The quantitative estimate of drug-likeness (QED) is 0.550. The number of Topliss-reactive ketones (excluding diaryl/α,β-unsaturated/α-hetero) is 2. The molecule has 0 fully saturated rings.